The molecule has 0 saturated carbocycles. The van der Waals surface area contributed by atoms with Crippen molar-refractivity contribution in [1.29, 1.82) is 0 Å². The summed E-state index contributed by atoms with van der Waals surface area (Å²) in [5, 5.41) is 5.52. The summed E-state index contributed by atoms with van der Waals surface area (Å²) in [6, 6.07) is 14.0. The Morgan fingerprint density at radius 2 is 1.88 bits per heavy atom. The van der Waals surface area contributed by atoms with Crippen LogP contribution < -0.4 is 14.9 Å². The number of rotatable bonds is 6. The third-order valence-electron chi connectivity index (χ3n) is 3.96. The molecule has 24 heavy (non-hydrogen) atoms. The molecule has 2 aromatic carbocycles. The summed E-state index contributed by atoms with van der Waals surface area (Å²) in [6.45, 7) is 2.66. The minimum atomic E-state index is 0.609. The third kappa shape index (κ3) is 3.20. The Kier molecular flexibility index (Phi) is 4.70. The normalized spacial score (nSPS) is 11.1. The quantitative estimate of drug-likeness (QED) is 0.538. The molecule has 5 heteroatoms. The molecule has 1 aromatic heterocycles. The van der Waals surface area contributed by atoms with E-state index < -0.39 is 0 Å². The highest BCUT2D eigenvalue weighted by Gasteiger charge is 2.06. The molecule has 5 nitrogen and oxygen atoms in total. The lowest BCUT2D eigenvalue weighted by molar-refractivity contribution is 0.354. The van der Waals surface area contributed by atoms with Crippen molar-refractivity contribution in [2.24, 2.45) is 5.10 Å². The van der Waals surface area contributed by atoms with E-state index in [1.54, 1.807) is 14.2 Å². The van der Waals surface area contributed by atoms with Crippen LogP contribution in [0.5, 0.6) is 11.5 Å². The van der Waals surface area contributed by atoms with Crippen LogP contribution in [0.15, 0.2) is 47.6 Å². The van der Waals surface area contributed by atoms with Gasteiger partial charge in [0.2, 0.25) is 0 Å². The molecule has 0 amide bonds. The van der Waals surface area contributed by atoms with Crippen LogP contribution in [-0.2, 0) is 6.54 Å². The van der Waals surface area contributed by atoms with E-state index in [4.69, 9.17) is 9.47 Å². The van der Waals surface area contributed by atoms with Crippen LogP contribution in [-0.4, -0.2) is 25.4 Å². The number of ether oxygens (including phenoxy) is 2. The molecule has 124 valence electrons. The number of para-hydroxylation sites is 1. The first-order chi connectivity index (χ1) is 11.7. The maximum Gasteiger partial charge on any atom is 0.161 e. The van der Waals surface area contributed by atoms with Crippen molar-refractivity contribution in [3.05, 3.63) is 59.3 Å². The van der Waals surface area contributed by atoms with E-state index in [-0.39, 0.29) is 0 Å². The summed E-state index contributed by atoms with van der Waals surface area (Å²) in [4.78, 5) is 3.36. The standard InChI is InChI=1S/C19H21N3O2/c1-13-16(15-6-4-5-7-17(15)22-13)12-21-20-11-14-8-9-18(23-2)19(10-14)24-3/h4-10,12,20,22H,11H2,1-3H3/b21-12+. The van der Waals surface area contributed by atoms with Gasteiger partial charge in [0.15, 0.2) is 11.5 Å². The number of nitrogens with zero attached hydrogens (tertiary/aromatic N) is 1. The van der Waals surface area contributed by atoms with Crippen LogP contribution in [0, 0.1) is 6.92 Å². The number of fused-ring (bicyclic) bond motifs is 1. The number of benzene rings is 2. The number of nitrogens with one attached hydrogen (secondary N) is 2. The number of aromatic amines is 1. The Morgan fingerprint density at radius 1 is 1.08 bits per heavy atom. The summed E-state index contributed by atoms with van der Waals surface area (Å²) in [6.07, 6.45) is 1.86. The molecule has 0 bridgehead atoms. The zero-order valence-electron chi connectivity index (χ0n) is 14.1. The van der Waals surface area contributed by atoms with Crippen LogP contribution in [0.2, 0.25) is 0 Å². The van der Waals surface area contributed by atoms with Gasteiger partial charge >= 0.3 is 0 Å². The minimum Gasteiger partial charge on any atom is -0.493 e. The fourth-order valence-corrected chi connectivity index (χ4v) is 2.70. The molecule has 0 aliphatic carbocycles. The number of hydrogen-bond donors (Lipinski definition) is 2. The molecule has 0 aliphatic rings. The lowest BCUT2D eigenvalue weighted by atomic mass is 10.1. The largest absolute Gasteiger partial charge is 0.493 e. The fourth-order valence-electron chi connectivity index (χ4n) is 2.70. The molecule has 0 aliphatic heterocycles. The first-order valence-electron chi connectivity index (χ1n) is 7.77. The lowest BCUT2D eigenvalue weighted by Crippen LogP contribution is -2.06. The Balaban J connectivity index is 1.69. The molecule has 0 spiro atoms. The maximum absolute atomic E-state index is 5.31. The number of aromatic nitrogens is 1. The molecule has 1 heterocycles. The van der Waals surface area contributed by atoms with Gasteiger partial charge in [0.25, 0.3) is 0 Å². The van der Waals surface area contributed by atoms with Gasteiger partial charge < -0.3 is 19.9 Å². The molecule has 3 rings (SSSR count). The van der Waals surface area contributed by atoms with Gasteiger partial charge in [-0.05, 0) is 30.7 Å². The molecule has 2 N–H and O–H groups in total. The first-order valence-corrected chi connectivity index (χ1v) is 7.77. The second-order valence-corrected chi connectivity index (χ2v) is 5.49. The summed E-state index contributed by atoms with van der Waals surface area (Å²) in [5.41, 5.74) is 7.48. The fraction of sp³-hybridized carbons (Fsp3) is 0.211. The minimum absolute atomic E-state index is 0.609. The van der Waals surface area contributed by atoms with Crippen molar-refractivity contribution in [2.75, 3.05) is 14.2 Å². The zero-order chi connectivity index (χ0) is 16.9. The molecule has 0 saturated heterocycles. The first kappa shape index (κ1) is 15.9. The van der Waals surface area contributed by atoms with Crippen LogP contribution in [0.4, 0.5) is 0 Å². The van der Waals surface area contributed by atoms with E-state index in [2.05, 4.69) is 34.6 Å². The van der Waals surface area contributed by atoms with Gasteiger partial charge in [0.05, 0.1) is 27.0 Å². The SMILES string of the molecule is COc1ccc(CN/N=C/c2c(C)[nH]c3ccccc23)cc1OC. The number of aryl methyl sites for hydroxylation is 1. The number of methoxy groups -OCH3 is 2. The van der Waals surface area contributed by atoms with Crippen LogP contribution in [0.25, 0.3) is 10.9 Å². The average molecular weight is 323 g/mol. The number of H-pyrrole nitrogens is 1. The van der Waals surface area contributed by atoms with Crippen LogP contribution >= 0.6 is 0 Å². The van der Waals surface area contributed by atoms with Gasteiger partial charge in [-0.1, -0.05) is 24.3 Å². The second-order valence-electron chi connectivity index (χ2n) is 5.49. The van der Waals surface area contributed by atoms with E-state index in [0.717, 1.165) is 28.1 Å². The number of hydrogen-bond acceptors (Lipinski definition) is 4. The average Bonchev–Trinajstić information content (AvgIpc) is 2.93. The molecule has 0 radical (unpaired) electrons. The monoisotopic (exact) mass is 323 g/mol. The van der Waals surface area contributed by atoms with Gasteiger partial charge in [0.1, 0.15) is 0 Å². The Labute approximate surface area is 141 Å². The third-order valence-corrected chi connectivity index (χ3v) is 3.96. The highest BCUT2D eigenvalue weighted by Crippen LogP contribution is 2.27. The van der Waals surface area contributed by atoms with Crippen molar-refractivity contribution in [3.63, 3.8) is 0 Å². The van der Waals surface area contributed by atoms with Crippen LogP contribution in [0.3, 0.4) is 0 Å². The van der Waals surface area contributed by atoms with Crippen LogP contribution in [0.1, 0.15) is 16.8 Å². The highest BCUT2D eigenvalue weighted by molar-refractivity contribution is 6.00. The molecule has 0 atom stereocenters. The summed E-state index contributed by atoms with van der Waals surface area (Å²) in [5.74, 6) is 1.44. The van der Waals surface area contributed by atoms with E-state index in [0.29, 0.717) is 12.3 Å². The molecule has 3 aromatic rings. The van der Waals surface area contributed by atoms with Crippen molar-refractivity contribution in [2.45, 2.75) is 13.5 Å². The van der Waals surface area contributed by atoms with Gasteiger partial charge in [-0.2, -0.15) is 5.10 Å². The van der Waals surface area contributed by atoms with Gasteiger partial charge in [-0.15, -0.1) is 0 Å². The van der Waals surface area contributed by atoms with Crippen molar-refractivity contribution in [1.82, 2.24) is 10.4 Å². The van der Waals surface area contributed by atoms with E-state index in [9.17, 15) is 0 Å². The Bertz CT molecular complexity index is 868. The second kappa shape index (κ2) is 7.08. The zero-order valence-corrected chi connectivity index (χ0v) is 14.1. The van der Waals surface area contributed by atoms with E-state index in [1.807, 2.05) is 36.5 Å². The van der Waals surface area contributed by atoms with Crippen molar-refractivity contribution < 1.29 is 9.47 Å². The maximum atomic E-state index is 5.31. The van der Waals surface area contributed by atoms with Gasteiger partial charge in [0, 0.05) is 22.2 Å². The van der Waals surface area contributed by atoms with E-state index in [1.165, 1.54) is 5.39 Å². The predicted molar refractivity (Wildman–Crippen MR) is 97.0 cm³/mol. The molecule has 0 unspecified atom stereocenters. The summed E-state index contributed by atoms with van der Waals surface area (Å²) in [7, 11) is 3.26. The van der Waals surface area contributed by atoms with Gasteiger partial charge in [-0.3, -0.25) is 0 Å². The van der Waals surface area contributed by atoms with Crippen molar-refractivity contribution in [3.8, 4) is 11.5 Å². The smallest absolute Gasteiger partial charge is 0.161 e. The van der Waals surface area contributed by atoms with Crippen molar-refractivity contribution >= 4 is 17.1 Å². The number of hydrazone groups is 1. The Hall–Kier alpha value is -2.95. The highest BCUT2D eigenvalue weighted by atomic mass is 16.5. The lowest BCUT2D eigenvalue weighted by Gasteiger charge is -2.09. The molecule has 0 fully saturated rings. The Morgan fingerprint density at radius 3 is 2.67 bits per heavy atom. The summed E-state index contributed by atoms with van der Waals surface area (Å²) >= 11 is 0. The predicted octanol–water partition coefficient (Wildman–Crippen LogP) is 3.62. The van der Waals surface area contributed by atoms with E-state index >= 15 is 0 Å². The van der Waals surface area contributed by atoms with Gasteiger partial charge in [-0.25, -0.2) is 0 Å². The summed E-state index contributed by atoms with van der Waals surface area (Å²) < 4.78 is 10.6. The topological polar surface area (TPSA) is 58.6 Å². The molecular weight excluding hydrogens is 302 g/mol. The molecular formula is C19H21N3O2.